The minimum Gasteiger partial charge on any atom is -0.494 e. The molecule has 5 heteroatoms. The Kier molecular flexibility index (Phi) is 5.56. The third kappa shape index (κ3) is 4.74. The van der Waals surface area contributed by atoms with E-state index in [4.69, 9.17) is 4.74 Å². The molecule has 0 bridgehead atoms. The molecule has 0 amide bonds. The van der Waals surface area contributed by atoms with Crippen molar-refractivity contribution >= 4 is 0 Å². The van der Waals surface area contributed by atoms with Crippen molar-refractivity contribution in [1.82, 2.24) is 19.8 Å². The lowest BCUT2D eigenvalue weighted by molar-refractivity contribution is 0.122. The molecule has 0 aliphatic carbocycles. The zero-order valence-corrected chi connectivity index (χ0v) is 13.7. The van der Waals surface area contributed by atoms with Gasteiger partial charge in [0.25, 0.3) is 0 Å². The largest absolute Gasteiger partial charge is 0.494 e. The quantitative estimate of drug-likeness (QED) is 0.818. The van der Waals surface area contributed by atoms with Gasteiger partial charge in [-0.2, -0.15) is 0 Å². The van der Waals surface area contributed by atoms with Crippen LogP contribution in [0.5, 0.6) is 5.75 Å². The number of hydrogen-bond donors (Lipinski definition) is 0. The van der Waals surface area contributed by atoms with E-state index < -0.39 is 0 Å². The molecule has 1 aromatic heterocycles. The molecule has 3 rings (SSSR count). The summed E-state index contributed by atoms with van der Waals surface area (Å²) in [6, 6.07) is 8.45. The van der Waals surface area contributed by atoms with Crippen LogP contribution in [0.1, 0.15) is 18.1 Å². The van der Waals surface area contributed by atoms with Gasteiger partial charge in [0.2, 0.25) is 0 Å². The van der Waals surface area contributed by atoms with Crippen LogP contribution in [-0.2, 0) is 13.1 Å². The maximum atomic E-state index is 5.49. The van der Waals surface area contributed by atoms with Gasteiger partial charge in [-0.1, -0.05) is 12.1 Å². The van der Waals surface area contributed by atoms with Crippen molar-refractivity contribution in [2.75, 3.05) is 32.8 Å². The van der Waals surface area contributed by atoms with Gasteiger partial charge in [0.1, 0.15) is 12.1 Å². The number of piperazine rings is 1. The standard InChI is InChI=1S/C18H24N4O/c1-2-23-18-5-3-16(4-6-18)13-21-7-9-22(10-8-21)14-17-11-19-15-20-12-17/h3-6,11-12,15H,2,7-10,13-14H2,1H3. The molecule has 0 N–H and O–H groups in total. The van der Waals surface area contributed by atoms with Crippen molar-refractivity contribution in [3.63, 3.8) is 0 Å². The lowest BCUT2D eigenvalue weighted by Gasteiger charge is -2.34. The smallest absolute Gasteiger partial charge is 0.119 e. The lowest BCUT2D eigenvalue weighted by atomic mass is 10.2. The van der Waals surface area contributed by atoms with Crippen molar-refractivity contribution in [3.05, 3.63) is 54.1 Å². The summed E-state index contributed by atoms with van der Waals surface area (Å²) in [6.45, 7) is 9.05. The first-order valence-electron chi connectivity index (χ1n) is 8.24. The highest BCUT2D eigenvalue weighted by molar-refractivity contribution is 5.27. The summed E-state index contributed by atoms with van der Waals surface area (Å²) in [5.74, 6) is 0.950. The molecule has 23 heavy (non-hydrogen) atoms. The average Bonchev–Trinajstić information content (AvgIpc) is 2.60. The molecule has 1 aliphatic heterocycles. The van der Waals surface area contributed by atoms with Crippen LogP contribution in [-0.4, -0.2) is 52.6 Å². The lowest BCUT2D eigenvalue weighted by Crippen LogP contribution is -2.45. The first-order valence-corrected chi connectivity index (χ1v) is 8.24. The van der Waals surface area contributed by atoms with Crippen LogP contribution >= 0.6 is 0 Å². The summed E-state index contributed by atoms with van der Waals surface area (Å²) in [4.78, 5) is 13.1. The van der Waals surface area contributed by atoms with Gasteiger partial charge in [-0.25, -0.2) is 9.97 Å². The average molecular weight is 312 g/mol. The fraction of sp³-hybridized carbons (Fsp3) is 0.444. The Morgan fingerprint density at radius 3 is 2.00 bits per heavy atom. The van der Waals surface area contributed by atoms with Crippen molar-refractivity contribution < 1.29 is 4.74 Å². The summed E-state index contributed by atoms with van der Waals surface area (Å²) in [5.41, 5.74) is 2.53. The van der Waals surface area contributed by atoms with Gasteiger partial charge < -0.3 is 4.74 Å². The van der Waals surface area contributed by atoms with Crippen LogP contribution in [0.4, 0.5) is 0 Å². The Labute approximate surface area is 137 Å². The Morgan fingerprint density at radius 2 is 1.43 bits per heavy atom. The van der Waals surface area contributed by atoms with E-state index >= 15 is 0 Å². The minimum atomic E-state index is 0.716. The van der Waals surface area contributed by atoms with Crippen molar-refractivity contribution in [3.8, 4) is 5.75 Å². The molecule has 0 saturated carbocycles. The van der Waals surface area contributed by atoms with Crippen LogP contribution in [0.3, 0.4) is 0 Å². The van der Waals surface area contributed by atoms with E-state index in [2.05, 4.69) is 44.0 Å². The normalized spacial score (nSPS) is 16.4. The van der Waals surface area contributed by atoms with Gasteiger partial charge >= 0.3 is 0 Å². The molecule has 1 fully saturated rings. The minimum absolute atomic E-state index is 0.716. The molecule has 2 heterocycles. The van der Waals surface area contributed by atoms with E-state index in [9.17, 15) is 0 Å². The summed E-state index contributed by atoms with van der Waals surface area (Å²) >= 11 is 0. The number of aromatic nitrogens is 2. The molecule has 0 atom stereocenters. The third-order valence-corrected chi connectivity index (χ3v) is 4.13. The number of ether oxygens (including phenoxy) is 1. The molecule has 0 unspecified atom stereocenters. The second-order valence-electron chi connectivity index (χ2n) is 5.88. The molecule has 5 nitrogen and oxygen atoms in total. The van der Waals surface area contributed by atoms with Crippen molar-refractivity contribution in [1.29, 1.82) is 0 Å². The molecular weight excluding hydrogens is 288 g/mol. The number of hydrogen-bond acceptors (Lipinski definition) is 5. The maximum Gasteiger partial charge on any atom is 0.119 e. The van der Waals surface area contributed by atoms with Crippen molar-refractivity contribution in [2.45, 2.75) is 20.0 Å². The Bertz CT molecular complexity index is 580. The van der Waals surface area contributed by atoms with Crippen LogP contribution in [0.2, 0.25) is 0 Å². The fourth-order valence-electron chi connectivity index (χ4n) is 2.89. The van der Waals surface area contributed by atoms with Crippen molar-refractivity contribution in [2.24, 2.45) is 0 Å². The Hall–Kier alpha value is -1.98. The molecule has 2 aromatic rings. The number of benzene rings is 1. The Morgan fingerprint density at radius 1 is 0.870 bits per heavy atom. The van der Waals surface area contributed by atoms with E-state index in [1.807, 2.05) is 19.3 Å². The van der Waals surface area contributed by atoms with Gasteiger partial charge in [-0.05, 0) is 24.6 Å². The van der Waals surface area contributed by atoms with E-state index in [-0.39, 0.29) is 0 Å². The van der Waals surface area contributed by atoms with Gasteiger partial charge in [0, 0.05) is 57.2 Å². The summed E-state index contributed by atoms with van der Waals surface area (Å²) in [5, 5.41) is 0. The van der Waals surface area contributed by atoms with Crippen LogP contribution < -0.4 is 4.74 Å². The van der Waals surface area contributed by atoms with Gasteiger partial charge in [0.15, 0.2) is 0 Å². The topological polar surface area (TPSA) is 41.5 Å². The third-order valence-electron chi connectivity index (χ3n) is 4.13. The van der Waals surface area contributed by atoms with Gasteiger partial charge in [-0.3, -0.25) is 9.80 Å². The van der Waals surface area contributed by atoms with Crippen LogP contribution in [0, 0.1) is 0 Å². The van der Waals surface area contributed by atoms with Crippen LogP contribution in [0.15, 0.2) is 43.0 Å². The summed E-state index contributed by atoms with van der Waals surface area (Å²) in [7, 11) is 0. The Balaban J connectivity index is 1.45. The molecule has 1 aromatic carbocycles. The van der Waals surface area contributed by atoms with E-state index in [1.165, 1.54) is 11.1 Å². The summed E-state index contributed by atoms with van der Waals surface area (Å²) in [6.07, 6.45) is 5.39. The number of nitrogens with zero attached hydrogens (tertiary/aromatic N) is 4. The van der Waals surface area contributed by atoms with Crippen LogP contribution in [0.25, 0.3) is 0 Å². The molecule has 0 spiro atoms. The summed E-state index contributed by atoms with van der Waals surface area (Å²) < 4.78 is 5.49. The highest BCUT2D eigenvalue weighted by Crippen LogP contribution is 2.15. The predicted octanol–water partition coefficient (Wildman–Crippen LogP) is 2.19. The van der Waals surface area contributed by atoms with Gasteiger partial charge in [-0.15, -0.1) is 0 Å². The maximum absolute atomic E-state index is 5.49. The number of rotatable bonds is 6. The second kappa shape index (κ2) is 8.04. The molecule has 1 aliphatic rings. The first kappa shape index (κ1) is 15.9. The predicted molar refractivity (Wildman–Crippen MR) is 90.2 cm³/mol. The SMILES string of the molecule is CCOc1ccc(CN2CCN(Cc3cncnc3)CC2)cc1. The molecular formula is C18H24N4O. The fourth-order valence-corrected chi connectivity index (χ4v) is 2.89. The zero-order chi connectivity index (χ0) is 15.9. The van der Waals surface area contributed by atoms with E-state index in [0.29, 0.717) is 6.61 Å². The molecule has 122 valence electrons. The van der Waals surface area contributed by atoms with E-state index in [1.54, 1.807) is 6.33 Å². The monoisotopic (exact) mass is 312 g/mol. The molecule has 0 radical (unpaired) electrons. The van der Waals surface area contributed by atoms with Gasteiger partial charge in [0.05, 0.1) is 6.61 Å². The molecule has 1 saturated heterocycles. The first-order chi connectivity index (χ1) is 11.3. The zero-order valence-electron chi connectivity index (χ0n) is 13.7. The van der Waals surface area contributed by atoms with E-state index in [0.717, 1.165) is 45.0 Å². The highest BCUT2D eigenvalue weighted by Gasteiger charge is 2.17. The second-order valence-corrected chi connectivity index (χ2v) is 5.88. The highest BCUT2D eigenvalue weighted by atomic mass is 16.5.